The number of hydrogen-bond acceptors (Lipinski definition) is 6. The highest BCUT2D eigenvalue weighted by atomic mass is 32.2. The van der Waals surface area contributed by atoms with Gasteiger partial charge < -0.3 is 20.1 Å². The van der Waals surface area contributed by atoms with Crippen molar-refractivity contribution < 1.29 is 27.8 Å². The van der Waals surface area contributed by atoms with Gasteiger partial charge in [-0.05, 0) is 90.5 Å². The lowest BCUT2D eigenvalue weighted by molar-refractivity contribution is -0.143. The second-order valence-electron chi connectivity index (χ2n) is 14.1. The monoisotopic (exact) mass is 754 g/mol. The molecule has 3 aromatic rings. The molecule has 4 N–H and O–H groups in total. The molecule has 2 atom stereocenters. The zero-order valence-corrected chi connectivity index (χ0v) is 32.1. The predicted octanol–water partition coefficient (Wildman–Crippen LogP) is 7.78. The molecule has 0 aliphatic carbocycles. The Morgan fingerprint density at radius 3 is 2.65 bits per heavy atom. The number of benzene rings is 2. The maximum Gasteiger partial charge on any atom is 0.309 e. The minimum absolute atomic E-state index is 0.0394. The number of nitrogens with zero attached hydrogens (tertiary/aromatic N) is 1. The molecule has 2 bridgehead atoms. The van der Waals surface area contributed by atoms with E-state index in [1.54, 1.807) is 43.2 Å². The molecule has 2 aromatic carbocycles. The first kappa shape index (κ1) is 41.0. The number of methoxy groups -OCH3 is 1. The van der Waals surface area contributed by atoms with Crippen molar-refractivity contribution in [3.8, 4) is 0 Å². The van der Waals surface area contributed by atoms with E-state index < -0.39 is 35.6 Å². The number of alkyl halides is 1. The number of H-pyrrole nitrogens is 1. The fourth-order valence-electron chi connectivity index (χ4n) is 6.44. The molecule has 12 heteroatoms. The molecule has 52 heavy (non-hydrogen) atoms. The van der Waals surface area contributed by atoms with Crippen molar-refractivity contribution >= 4 is 52.6 Å². The number of aromatic amines is 1. The number of carboxylic acid groups (broad SMARTS) is 1. The van der Waals surface area contributed by atoms with Crippen LogP contribution in [0, 0.1) is 22.6 Å². The number of aliphatic imine (C=N–C) groups is 1. The van der Waals surface area contributed by atoms with E-state index in [0.717, 1.165) is 41.0 Å². The van der Waals surface area contributed by atoms with E-state index >= 15 is 4.39 Å². The van der Waals surface area contributed by atoms with Gasteiger partial charge in [-0.2, -0.15) is 11.8 Å². The van der Waals surface area contributed by atoms with Crippen molar-refractivity contribution in [2.24, 2.45) is 16.3 Å². The first-order valence-electron chi connectivity index (χ1n) is 17.3. The number of carboxylic acids is 1. The molecular weight excluding hydrogens is 706 g/mol. The lowest BCUT2D eigenvalue weighted by atomic mass is 9.74. The van der Waals surface area contributed by atoms with Crippen LogP contribution in [0.3, 0.4) is 0 Å². The van der Waals surface area contributed by atoms with Crippen LogP contribution in [0.25, 0.3) is 11.4 Å². The van der Waals surface area contributed by atoms with Crippen LogP contribution in [0.4, 0.5) is 13.2 Å². The van der Waals surface area contributed by atoms with Crippen LogP contribution < -0.4 is 15.9 Å². The summed E-state index contributed by atoms with van der Waals surface area (Å²) in [6, 6.07) is 14.0. The summed E-state index contributed by atoms with van der Waals surface area (Å²) in [4.78, 5) is 20.8. The van der Waals surface area contributed by atoms with E-state index in [1.165, 1.54) is 24.9 Å². The fourth-order valence-corrected chi connectivity index (χ4v) is 8.56. The third-order valence-electron chi connectivity index (χ3n) is 9.50. The van der Waals surface area contributed by atoms with Crippen LogP contribution in [0.15, 0.2) is 76.1 Å². The van der Waals surface area contributed by atoms with E-state index in [9.17, 15) is 24.1 Å². The Bertz CT molecular complexity index is 1930. The van der Waals surface area contributed by atoms with Gasteiger partial charge in [-0.25, -0.2) is 18.2 Å². The Hall–Kier alpha value is -3.74. The number of aromatic nitrogens is 1. The number of amidine groups is 2. The van der Waals surface area contributed by atoms with E-state index in [-0.39, 0.29) is 41.0 Å². The normalized spacial score (nSPS) is 22.4. The van der Waals surface area contributed by atoms with Crippen molar-refractivity contribution in [1.29, 1.82) is 5.41 Å². The van der Waals surface area contributed by atoms with Crippen molar-refractivity contribution in [3.63, 3.8) is 0 Å². The number of hydrogen-bond donors (Lipinski definition) is 4. The molecule has 7 nitrogen and oxygen atoms in total. The van der Waals surface area contributed by atoms with Gasteiger partial charge in [-0.3, -0.25) is 10.2 Å². The number of carbonyl (C=O) groups is 1. The Balaban J connectivity index is 1.83. The summed E-state index contributed by atoms with van der Waals surface area (Å²) in [5.41, 5.74) is 1.65. The molecule has 1 aromatic heterocycles. The molecule has 2 heterocycles. The summed E-state index contributed by atoms with van der Waals surface area (Å²) in [5.74, 6) is -1.27. The summed E-state index contributed by atoms with van der Waals surface area (Å²) < 4.78 is 48.8. The molecule has 0 spiro atoms. The fraction of sp³-hybridized carbons (Fsp3) is 0.425. The minimum Gasteiger partial charge on any atom is -0.481 e. The number of aliphatic carboxylic acids is 1. The lowest BCUT2D eigenvalue weighted by Crippen LogP contribution is -2.34. The first-order valence-corrected chi connectivity index (χ1v) is 19.2. The molecular formula is C40H49F3N4O3S2. The van der Waals surface area contributed by atoms with Gasteiger partial charge in [0.15, 0.2) is 5.83 Å². The van der Waals surface area contributed by atoms with Gasteiger partial charge in [0.05, 0.1) is 28.9 Å². The largest absolute Gasteiger partial charge is 0.481 e. The average molecular weight is 755 g/mol. The van der Waals surface area contributed by atoms with Crippen molar-refractivity contribution in [2.75, 3.05) is 38.9 Å². The molecule has 1 unspecified atom stereocenters. The number of rotatable bonds is 7. The third kappa shape index (κ3) is 10.2. The number of fused-ring (bicyclic) bond motifs is 2. The Kier molecular flexibility index (Phi) is 14.5. The van der Waals surface area contributed by atoms with E-state index in [4.69, 9.17) is 9.73 Å². The number of nitrogens with one attached hydrogen (secondary N) is 3. The van der Waals surface area contributed by atoms with Crippen LogP contribution in [0.1, 0.15) is 63.1 Å². The molecule has 0 radical (unpaired) electrons. The van der Waals surface area contributed by atoms with E-state index in [0.29, 0.717) is 27.9 Å². The molecule has 0 amide bonds. The highest BCUT2D eigenvalue weighted by molar-refractivity contribution is 8.03. The standard InChI is InChI=1S/C40H49F3N4O3S2/c1-25-30(31-13-17-46-35(31)34(43)22-41)14-18-51-24-39(2,3)15-8-16-40(4,28-10-7-9-26(20-28)19-27(23-50-6)37(48)49)38(44)47-36(45-5)32-21-29(52-25)11-12-33(32)42/h7,9-13,17,20-21,27,46H,1,8,14-16,18-19,22-24H2,2-6H3,(H,48,49)(H2,44,45,47)/b31-30-,35-34-/t27?,40-/m1/s1. The number of ether oxygens (including phenoxy) is 1. The molecule has 0 saturated carbocycles. The van der Waals surface area contributed by atoms with Crippen LogP contribution in [-0.2, 0) is 21.4 Å². The second-order valence-corrected chi connectivity index (χ2v) is 16.3. The number of thioether (sulfide) groups is 2. The lowest BCUT2D eigenvalue weighted by Gasteiger charge is -2.32. The van der Waals surface area contributed by atoms with Gasteiger partial charge in [0.25, 0.3) is 0 Å². The molecule has 0 fully saturated rings. The predicted molar refractivity (Wildman–Crippen MR) is 209 cm³/mol. The van der Waals surface area contributed by atoms with Gasteiger partial charge in [0.1, 0.15) is 24.2 Å². The first-order chi connectivity index (χ1) is 24.7. The maximum absolute atomic E-state index is 15.6. The van der Waals surface area contributed by atoms with Crippen molar-refractivity contribution in [1.82, 2.24) is 10.3 Å². The summed E-state index contributed by atoms with van der Waals surface area (Å²) in [5, 5.41) is 22.8. The Labute approximate surface area is 312 Å². The summed E-state index contributed by atoms with van der Waals surface area (Å²) >= 11 is 3.09. The molecule has 0 saturated heterocycles. The average Bonchev–Trinajstić information content (AvgIpc) is 3.60. The van der Waals surface area contributed by atoms with Crippen LogP contribution >= 0.6 is 23.5 Å². The van der Waals surface area contributed by atoms with E-state index in [1.807, 2.05) is 31.2 Å². The number of allylic oxidation sites excluding steroid dienone is 1. The highest BCUT2D eigenvalue weighted by Crippen LogP contribution is 2.38. The van der Waals surface area contributed by atoms with Gasteiger partial charge in [-0.1, -0.05) is 62.9 Å². The molecule has 1 aliphatic rings. The van der Waals surface area contributed by atoms with Crippen LogP contribution in [0.5, 0.6) is 0 Å². The zero-order chi connectivity index (χ0) is 38.1. The molecule has 4 rings (SSSR count). The third-order valence-corrected chi connectivity index (χ3v) is 12.0. The molecule has 1 aliphatic heterocycles. The van der Waals surface area contributed by atoms with Gasteiger partial charge in [-0.15, -0.1) is 0 Å². The SMILES string of the molecule is C=C1Sc2ccc(F)c(c2)/C(NC)=N/C(=N)[C@@](C)(c2cccc(CC(COC)C(=O)O)c2)CCCC(C)(C)CSCC/C1=c1\cc[nH]\c1=C(/F)CF. The summed E-state index contributed by atoms with van der Waals surface area (Å²) in [6.07, 6.45) is 4.62. The topological polar surface area (TPSA) is 111 Å². The van der Waals surface area contributed by atoms with Gasteiger partial charge in [0, 0.05) is 35.4 Å². The minimum atomic E-state index is -1.23. The van der Waals surface area contributed by atoms with Gasteiger partial charge >= 0.3 is 5.97 Å². The van der Waals surface area contributed by atoms with Crippen molar-refractivity contribution in [3.05, 3.63) is 99.3 Å². The zero-order valence-electron chi connectivity index (χ0n) is 30.5. The highest BCUT2D eigenvalue weighted by Gasteiger charge is 2.34. The smallest absolute Gasteiger partial charge is 0.309 e. The Morgan fingerprint density at radius 1 is 1.19 bits per heavy atom. The Morgan fingerprint density at radius 2 is 1.96 bits per heavy atom. The summed E-state index contributed by atoms with van der Waals surface area (Å²) in [6.45, 7) is 9.57. The second kappa shape index (κ2) is 18.3. The quantitative estimate of drug-likeness (QED) is 0.196. The van der Waals surface area contributed by atoms with Crippen LogP contribution in [-0.4, -0.2) is 66.7 Å². The van der Waals surface area contributed by atoms with Crippen LogP contribution in [0.2, 0.25) is 0 Å². The maximum atomic E-state index is 15.6. The summed E-state index contributed by atoms with van der Waals surface area (Å²) in [7, 11) is 3.11. The van der Waals surface area contributed by atoms with Gasteiger partial charge in [0.2, 0.25) is 0 Å². The van der Waals surface area contributed by atoms with E-state index in [2.05, 4.69) is 30.7 Å². The number of halogens is 3. The molecule has 280 valence electrons. The van der Waals surface area contributed by atoms with Crippen molar-refractivity contribution in [2.45, 2.75) is 63.2 Å².